The van der Waals surface area contributed by atoms with Crippen molar-refractivity contribution in [2.24, 2.45) is 5.16 Å². The van der Waals surface area contributed by atoms with Crippen molar-refractivity contribution in [3.63, 3.8) is 0 Å². The molecule has 0 fully saturated rings. The van der Waals surface area contributed by atoms with Crippen LogP contribution in [0.5, 0.6) is 0 Å². The molecule has 20 heavy (non-hydrogen) atoms. The number of hydrogen-bond acceptors (Lipinski definition) is 6. The molecule has 0 aliphatic heterocycles. The Bertz CT molecular complexity index is 623. The molecule has 1 N–H and O–H groups in total. The zero-order valence-corrected chi connectivity index (χ0v) is 11.4. The molecule has 0 bridgehead atoms. The van der Waals surface area contributed by atoms with Gasteiger partial charge in [-0.05, 0) is 23.8 Å². The van der Waals surface area contributed by atoms with E-state index in [0.29, 0.717) is 5.56 Å². The number of hydrogen-bond donors (Lipinski definition) is 1. The number of benzene rings is 1. The molecule has 1 aliphatic carbocycles. The first kappa shape index (κ1) is 14.3. The van der Waals surface area contributed by atoms with Crippen molar-refractivity contribution in [1.29, 1.82) is 0 Å². The first-order valence-corrected chi connectivity index (χ1v) is 6.72. The SMILES string of the molecule is CC(=O)O/N=C1\Cc2cc(SCC(=O)O)ccc2C1=O. The van der Waals surface area contributed by atoms with Crippen LogP contribution in [0, 0.1) is 0 Å². The van der Waals surface area contributed by atoms with Crippen molar-refractivity contribution >= 4 is 35.2 Å². The molecule has 0 amide bonds. The highest BCUT2D eigenvalue weighted by atomic mass is 32.2. The van der Waals surface area contributed by atoms with Crippen LogP contribution < -0.4 is 0 Å². The van der Waals surface area contributed by atoms with Gasteiger partial charge < -0.3 is 9.94 Å². The van der Waals surface area contributed by atoms with Crippen molar-refractivity contribution < 1.29 is 24.3 Å². The molecule has 104 valence electrons. The first-order chi connectivity index (χ1) is 9.47. The molecule has 0 saturated carbocycles. The molecule has 1 aromatic rings. The van der Waals surface area contributed by atoms with Gasteiger partial charge in [-0.15, -0.1) is 11.8 Å². The molecule has 7 heteroatoms. The van der Waals surface area contributed by atoms with E-state index in [1.54, 1.807) is 18.2 Å². The molecule has 0 unspecified atom stereocenters. The molecule has 0 saturated heterocycles. The smallest absolute Gasteiger partial charge is 0.331 e. The second kappa shape index (κ2) is 5.87. The molecule has 1 aliphatic rings. The third kappa shape index (κ3) is 3.24. The zero-order valence-electron chi connectivity index (χ0n) is 10.6. The third-order valence-corrected chi connectivity index (χ3v) is 3.57. The summed E-state index contributed by atoms with van der Waals surface area (Å²) >= 11 is 1.18. The molecule has 0 spiro atoms. The number of carboxylic acid groups (broad SMARTS) is 1. The van der Waals surface area contributed by atoms with Gasteiger partial charge >= 0.3 is 11.9 Å². The number of aliphatic carboxylic acids is 1. The van der Waals surface area contributed by atoms with Gasteiger partial charge in [-0.3, -0.25) is 9.59 Å². The highest BCUT2D eigenvalue weighted by molar-refractivity contribution is 8.00. The Kier molecular flexibility index (Phi) is 4.19. The Balaban J connectivity index is 2.17. The lowest BCUT2D eigenvalue weighted by Crippen LogP contribution is -2.09. The van der Waals surface area contributed by atoms with Crippen LogP contribution in [0.15, 0.2) is 28.3 Å². The van der Waals surface area contributed by atoms with E-state index in [1.807, 2.05) is 0 Å². The van der Waals surface area contributed by atoms with Gasteiger partial charge in [-0.25, -0.2) is 4.79 Å². The summed E-state index contributed by atoms with van der Waals surface area (Å²) in [6, 6.07) is 5.09. The fraction of sp³-hybridized carbons (Fsp3) is 0.231. The average molecular weight is 293 g/mol. The molecule has 6 nitrogen and oxygen atoms in total. The predicted molar refractivity (Wildman–Crippen MR) is 72.0 cm³/mol. The quantitative estimate of drug-likeness (QED) is 0.514. The Labute approximate surface area is 118 Å². The largest absolute Gasteiger partial charge is 0.481 e. The van der Waals surface area contributed by atoms with Crippen LogP contribution in [0.25, 0.3) is 0 Å². The lowest BCUT2D eigenvalue weighted by atomic mass is 10.1. The average Bonchev–Trinajstić information content (AvgIpc) is 2.70. The Hall–Kier alpha value is -2.15. The number of carboxylic acids is 1. The number of carbonyl (C=O) groups is 3. The number of fused-ring (bicyclic) bond motifs is 1. The number of oxime groups is 1. The van der Waals surface area contributed by atoms with Gasteiger partial charge in [0, 0.05) is 23.8 Å². The van der Waals surface area contributed by atoms with Crippen molar-refractivity contribution in [3.05, 3.63) is 29.3 Å². The zero-order chi connectivity index (χ0) is 14.7. The molecule has 0 aromatic heterocycles. The van der Waals surface area contributed by atoms with Crippen LogP contribution in [0.3, 0.4) is 0 Å². The van der Waals surface area contributed by atoms with Crippen LogP contribution in [0.4, 0.5) is 0 Å². The van der Waals surface area contributed by atoms with Crippen LogP contribution in [0.1, 0.15) is 22.8 Å². The predicted octanol–water partition coefficient (Wildman–Crippen LogP) is 1.52. The van der Waals surface area contributed by atoms with E-state index in [4.69, 9.17) is 5.11 Å². The van der Waals surface area contributed by atoms with Gasteiger partial charge in [-0.1, -0.05) is 5.16 Å². The van der Waals surface area contributed by atoms with Crippen LogP contribution in [-0.2, 0) is 20.8 Å². The molecular formula is C13H11NO5S. The van der Waals surface area contributed by atoms with E-state index in [2.05, 4.69) is 9.99 Å². The fourth-order valence-electron chi connectivity index (χ4n) is 1.78. The molecule has 2 rings (SSSR count). The van der Waals surface area contributed by atoms with Gasteiger partial charge in [0.05, 0.1) is 5.75 Å². The van der Waals surface area contributed by atoms with Gasteiger partial charge in [0.25, 0.3) is 0 Å². The highest BCUT2D eigenvalue weighted by Crippen LogP contribution is 2.26. The molecule has 0 atom stereocenters. The number of thioether (sulfide) groups is 1. The monoisotopic (exact) mass is 293 g/mol. The molecule has 0 heterocycles. The second-order valence-electron chi connectivity index (χ2n) is 4.13. The maximum Gasteiger partial charge on any atom is 0.331 e. The first-order valence-electron chi connectivity index (χ1n) is 5.74. The minimum atomic E-state index is -0.899. The van der Waals surface area contributed by atoms with Crippen molar-refractivity contribution in [2.45, 2.75) is 18.2 Å². The Morgan fingerprint density at radius 1 is 1.45 bits per heavy atom. The fourth-order valence-corrected chi connectivity index (χ4v) is 2.46. The molecular weight excluding hydrogens is 282 g/mol. The Morgan fingerprint density at radius 3 is 2.85 bits per heavy atom. The summed E-state index contributed by atoms with van der Waals surface area (Å²) in [6.07, 6.45) is 0.281. The summed E-state index contributed by atoms with van der Waals surface area (Å²) in [5.74, 6) is -1.79. The van der Waals surface area contributed by atoms with Gasteiger partial charge in [-0.2, -0.15) is 0 Å². The highest BCUT2D eigenvalue weighted by Gasteiger charge is 2.27. The normalized spacial score (nSPS) is 15.2. The van der Waals surface area contributed by atoms with E-state index < -0.39 is 11.9 Å². The van der Waals surface area contributed by atoms with E-state index in [9.17, 15) is 14.4 Å². The summed E-state index contributed by atoms with van der Waals surface area (Å²) in [6.45, 7) is 1.21. The van der Waals surface area contributed by atoms with Gasteiger partial charge in [0.15, 0.2) is 0 Å². The van der Waals surface area contributed by atoms with E-state index in [1.165, 1.54) is 18.7 Å². The van der Waals surface area contributed by atoms with Crippen molar-refractivity contribution in [1.82, 2.24) is 0 Å². The van der Waals surface area contributed by atoms with Crippen molar-refractivity contribution in [3.8, 4) is 0 Å². The number of nitrogens with zero attached hydrogens (tertiary/aromatic N) is 1. The minimum absolute atomic E-state index is 0.0405. The third-order valence-electron chi connectivity index (χ3n) is 2.59. The summed E-state index contributed by atoms with van der Waals surface area (Å²) in [7, 11) is 0. The number of rotatable bonds is 4. The standard InChI is InChI=1S/C13H11NO5S/c1-7(15)19-14-11-5-8-4-9(20-6-12(16)17)2-3-10(8)13(11)18/h2-4H,5-6H2,1H3,(H,16,17)/b14-11+. The summed E-state index contributed by atoms with van der Waals surface area (Å²) in [5.41, 5.74) is 1.45. The van der Waals surface area contributed by atoms with Gasteiger partial charge in [0.2, 0.25) is 5.78 Å². The molecule has 1 aromatic carbocycles. The topological polar surface area (TPSA) is 93.0 Å². The Morgan fingerprint density at radius 2 is 2.20 bits per heavy atom. The number of carbonyl (C=O) groups excluding carboxylic acids is 2. The summed E-state index contributed by atoms with van der Waals surface area (Å²) in [5, 5.41) is 12.2. The lowest BCUT2D eigenvalue weighted by molar-refractivity contribution is -0.141. The van der Waals surface area contributed by atoms with E-state index in [0.717, 1.165) is 10.5 Å². The van der Waals surface area contributed by atoms with E-state index >= 15 is 0 Å². The second-order valence-corrected chi connectivity index (χ2v) is 5.18. The summed E-state index contributed by atoms with van der Waals surface area (Å²) in [4.78, 5) is 38.4. The van der Waals surface area contributed by atoms with E-state index in [-0.39, 0.29) is 23.7 Å². The minimum Gasteiger partial charge on any atom is -0.481 e. The number of Topliss-reactive ketones (excluding diaryl/α,β-unsaturated/α-hetero) is 1. The lowest BCUT2D eigenvalue weighted by Gasteiger charge is -2.01. The van der Waals surface area contributed by atoms with Gasteiger partial charge in [0.1, 0.15) is 5.71 Å². The summed E-state index contributed by atoms with van der Waals surface area (Å²) < 4.78 is 0. The maximum atomic E-state index is 12.0. The maximum absolute atomic E-state index is 12.0. The van der Waals surface area contributed by atoms with Crippen LogP contribution in [-0.4, -0.2) is 34.3 Å². The van der Waals surface area contributed by atoms with Crippen LogP contribution >= 0.6 is 11.8 Å². The number of ketones is 1. The van der Waals surface area contributed by atoms with Crippen LogP contribution in [0.2, 0.25) is 0 Å². The molecule has 0 radical (unpaired) electrons. The van der Waals surface area contributed by atoms with Crippen molar-refractivity contribution in [2.75, 3.05) is 5.75 Å².